The highest BCUT2D eigenvalue weighted by Crippen LogP contribution is 2.22. The zero-order valence-corrected chi connectivity index (χ0v) is 12.9. The molecule has 0 radical (unpaired) electrons. The van der Waals surface area contributed by atoms with Gasteiger partial charge in [0, 0.05) is 24.0 Å². The number of benzene rings is 1. The molecule has 0 fully saturated rings. The molecule has 0 aliphatic heterocycles. The number of hydrogen-bond donors (Lipinski definition) is 3. The van der Waals surface area contributed by atoms with E-state index >= 15 is 0 Å². The third kappa shape index (κ3) is 4.99. The lowest BCUT2D eigenvalue weighted by Crippen LogP contribution is -2.34. The molecule has 6 nitrogen and oxygen atoms in total. The van der Waals surface area contributed by atoms with Crippen molar-refractivity contribution < 1.29 is 13.2 Å². The molecule has 20 heavy (non-hydrogen) atoms. The van der Waals surface area contributed by atoms with Gasteiger partial charge in [0.05, 0.1) is 5.69 Å². The molecule has 112 valence electrons. The van der Waals surface area contributed by atoms with Gasteiger partial charge in [-0.15, -0.1) is 0 Å². The Morgan fingerprint density at radius 3 is 2.65 bits per heavy atom. The van der Waals surface area contributed by atoms with Crippen molar-refractivity contribution in [1.82, 2.24) is 10.0 Å². The van der Waals surface area contributed by atoms with Gasteiger partial charge in [-0.05, 0) is 32.0 Å². The Morgan fingerprint density at radius 2 is 2.05 bits per heavy atom. The van der Waals surface area contributed by atoms with Crippen molar-refractivity contribution in [2.45, 2.75) is 31.2 Å². The Morgan fingerprint density at radius 1 is 1.40 bits per heavy atom. The lowest BCUT2D eigenvalue weighted by Gasteiger charge is -2.10. The van der Waals surface area contributed by atoms with Crippen molar-refractivity contribution >= 4 is 33.2 Å². The minimum Gasteiger partial charge on any atom is -0.398 e. The Balaban J connectivity index is 2.67. The zero-order valence-electron chi connectivity index (χ0n) is 11.3. The molecule has 0 saturated heterocycles. The molecule has 8 heteroatoms. The second-order valence-electron chi connectivity index (χ2n) is 4.55. The summed E-state index contributed by atoms with van der Waals surface area (Å²) in [6.07, 6.45) is 0.0535. The van der Waals surface area contributed by atoms with Crippen LogP contribution >= 0.6 is 11.6 Å². The summed E-state index contributed by atoms with van der Waals surface area (Å²) in [5.74, 6) is -0.221. The van der Waals surface area contributed by atoms with Crippen LogP contribution in [0.2, 0.25) is 5.02 Å². The van der Waals surface area contributed by atoms with Gasteiger partial charge in [-0.2, -0.15) is 0 Å². The highest BCUT2D eigenvalue weighted by Gasteiger charge is 2.18. The highest BCUT2D eigenvalue weighted by atomic mass is 35.5. The van der Waals surface area contributed by atoms with Crippen molar-refractivity contribution in [2.24, 2.45) is 0 Å². The lowest BCUT2D eigenvalue weighted by atomic mass is 10.3. The van der Waals surface area contributed by atoms with Gasteiger partial charge in [-0.25, -0.2) is 13.1 Å². The van der Waals surface area contributed by atoms with Crippen molar-refractivity contribution in [2.75, 3.05) is 12.3 Å². The van der Waals surface area contributed by atoms with E-state index in [1.54, 1.807) is 0 Å². The third-order valence-electron chi connectivity index (χ3n) is 2.36. The molecular formula is C12H18ClN3O3S. The maximum atomic E-state index is 12.0. The molecule has 0 heterocycles. The molecule has 0 spiro atoms. The summed E-state index contributed by atoms with van der Waals surface area (Å²) in [6, 6.07) is 4.21. The van der Waals surface area contributed by atoms with Gasteiger partial charge in [0.15, 0.2) is 0 Å². The largest absolute Gasteiger partial charge is 0.398 e. The van der Waals surface area contributed by atoms with E-state index in [1.165, 1.54) is 18.2 Å². The molecule has 1 rings (SSSR count). The van der Waals surface area contributed by atoms with E-state index in [0.29, 0.717) is 0 Å². The molecule has 0 aromatic heterocycles. The van der Waals surface area contributed by atoms with Gasteiger partial charge in [-0.3, -0.25) is 4.79 Å². The number of sulfonamides is 1. The van der Waals surface area contributed by atoms with E-state index in [-0.39, 0.29) is 40.5 Å². The molecular weight excluding hydrogens is 302 g/mol. The molecule has 0 atom stereocenters. The van der Waals surface area contributed by atoms with Gasteiger partial charge >= 0.3 is 0 Å². The molecule has 0 unspecified atom stereocenters. The predicted octanol–water partition coefficient (Wildman–Crippen LogP) is 1.12. The number of rotatable bonds is 6. The lowest BCUT2D eigenvalue weighted by molar-refractivity contribution is -0.121. The van der Waals surface area contributed by atoms with Crippen molar-refractivity contribution in [1.29, 1.82) is 0 Å². The molecule has 0 aliphatic rings. The summed E-state index contributed by atoms with van der Waals surface area (Å²) in [5.41, 5.74) is 5.72. The maximum Gasteiger partial charge on any atom is 0.242 e. The maximum absolute atomic E-state index is 12.0. The molecule has 4 N–H and O–H groups in total. The molecule has 0 saturated carbocycles. The molecule has 1 aromatic carbocycles. The number of carbonyl (C=O) groups excluding carboxylic acids is 1. The van der Waals surface area contributed by atoms with E-state index in [1.807, 2.05) is 13.8 Å². The van der Waals surface area contributed by atoms with Crippen molar-refractivity contribution in [3.05, 3.63) is 23.2 Å². The smallest absolute Gasteiger partial charge is 0.242 e. The van der Waals surface area contributed by atoms with Gasteiger partial charge in [0.25, 0.3) is 0 Å². The van der Waals surface area contributed by atoms with Gasteiger partial charge < -0.3 is 11.1 Å². The second kappa shape index (κ2) is 6.92. The van der Waals surface area contributed by atoms with Gasteiger partial charge in [0.2, 0.25) is 15.9 Å². The second-order valence-corrected chi connectivity index (χ2v) is 6.72. The third-order valence-corrected chi connectivity index (χ3v) is 4.11. The number of amides is 1. The predicted molar refractivity (Wildman–Crippen MR) is 78.9 cm³/mol. The van der Waals surface area contributed by atoms with E-state index < -0.39 is 10.0 Å². The fourth-order valence-electron chi connectivity index (χ4n) is 1.51. The minimum absolute atomic E-state index is 0.00710. The molecule has 1 amide bonds. The number of halogens is 1. The fraction of sp³-hybridized carbons (Fsp3) is 0.417. The van der Waals surface area contributed by atoms with Crippen LogP contribution in [0.25, 0.3) is 0 Å². The SMILES string of the molecule is CC(C)NC(=O)CCNS(=O)(=O)c1cc(Cl)ccc1N. The number of nitrogen functional groups attached to an aromatic ring is 1. The van der Waals surface area contributed by atoms with E-state index in [2.05, 4.69) is 10.0 Å². The Labute approximate surface area is 123 Å². The van der Waals surface area contributed by atoms with Crippen LogP contribution < -0.4 is 15.8 Å². The van der Waals surface area contributed by atoms with Crippen LogP contribution in [0.3, 0.4) is 0 Å². The highest BCUT2D eigenvalue weighted by molar-refractivity contribution is 7.89. The number of anilines is 1. The molecule has 0 aliphatic carbocycles. The summed E-state index contributed by atoms with van der Waals surface area (Å²) >= 11 is 5.75. The van der Waals surface area contributed by atoms with Crippen LogP contribution in [0, 0.1) is 0 Å². The van der Waals surface area contributed by atoms with Crippen molar-refractivity contribution in [3.63, 3.8) is 0 Å². The number of nitrogens with two attached hydrogens (primary N) is 1. The summed E-state index contributed by atoms with van der Waals surface area (Å²) < 4.78 is 26.4. The van der Waals surface area contributed by atoms with Crippen LogP contribution in [0.1, 0.15) is 20.3 Å². The van der Waals surface area contributed by atoms with Gasteiger partial charge in [0.1, 0.15) is 4.90 Å². The standard InChI is InChI=1S/C12H18ClN3O3S/c1-8(2)16-12(17)5-6-15-20(18,19)11-7-9(13)3-4-10(11)14/h3-4,7-8,15H,5-6,14H2,1-2H3,(H,16,17). The van der Waals surface area contributed by atoms with Crippen LogP contribution in [0.4, 0.5) is 5.69 Å². The van der Waals surface area contributed by atoms with Crippen LogP contribution in [0.5, 0.6) is 0 Å². The summed E-state index contributed by atoms with van der Waals surface area (Å²) in [6.45, 7) is 3.65. The van der Waals surface area contributed by atoms with E-state index in [4.69, 9.17) is 17.3 Å². The quantitative estimate of drug-likeness (QED) is 0.684. The summed E-state index contributed by atoms with van der Waals surface area (Å²) in [4.78, 5) is 11.3. The monoisotopic (exact) mass is 319 g/mol. The van der Waals surface area contributed by atoms with Gasteiger partial charge in [-0.1, -0.05) is 11.6 Å². The first-order valence-electron chi connectivity index (χ1n) is 6.06. The normalized spacial score (nSPS) is 11.6. The number of hydrogen-bond acceptors (Lipinski definition) is 4. The minimum atomic E-state index is -3.78. The average molecular weight is 320 g/mol. The van der Waals surface area contributed by atoms with Crippen LogP contribution in [-0.4, -0.2) is 26.9 Å². The zero-order chi connectivity index (χ0) is 15.3. The Hall–Kier alpha value is -1.31. The Kier molecular flexibility index (Phi) is 5.79. The first-order valence-corrected chi connectivity index (χ1v) is 7.92. The number of carbonyl (C=O) groups is 1. The van der Waals surface area contributed by atoms with E-state index in [0.717, 1.165) is 0 Å². The van der Waals surface area contributed by atoms with Crippen LogP contribution in [-0.2, 0) is 14.8 Å². The first-order chi connectivity index (χ1) is 9.22. The van der Waals surface area contributed by atoms with Crippen LogP contribution in [0.15, 0.2) is 23.1 Å². The van der Waals surface area contributed by atoms with Crippen molar-refractivity contribution in [3.8, 4) is 0 Å². The summed E-state index contributed by atoms with van der Waals surface area (Å²) in [5, 5.41) is 2.94. The fourth-order valence-corrected chi connectivity index (χ4v) is 2.94. The molecule has 0 bridgehead atoms. The number of nitrogens with one attached hydrogen (secondary N) is 2. The molecule has 1 aromatic rings. The summed E-state index contributed by atoms with van der Waals surface area (Å²) in [7, 11) is -3.78. The average Bonchev–Trinajstić information content (AvgIpc) is 2.30. The van der Waals surface area contributed by atoms with E-state index in [9.17, 15) is 13.2 Å². The Bertz CT molecular complexity index is 588. The first kappa shape index (κ1) is 16.7. The topological polar surface area (TPSA) is 101 Å².